The molecule has 190 valence electrons. The maximum Gasteiger partial charge on any atom is 0.302 e. The second kappa shape index (κ2) is 8.91. The topological polar surface area (TPSA) is 63.6 Å². The van der Waals surface area contributed by atoms with Gasteiger partial charge in [-0.3, -0.25) is 9.59 Å². The Balaban J connectivity index is 1.60. The molecule has 4 heteroatoms. The molecule has 4 aliphatic rings. The van der Waals surface area contributed by atoms with Crippen LogP contribution in [0.4, 0.5) is 0 Å². The molecule has 4 rings (SSSR count). The number of ether oxygens (including phenoxy) is 1. The van der Waals surface area contributed by atoms with Crippen LogP contribution in [-0.2, 0) is 14.3 Å². The van der Waals surface area contributed by atoms with Crippen molar-refractivity contribution in [3.8, 4) is 0 Å². The van der Waals surface area contributed by atoms with Gasteiger partial charge in [0.25, 0.3) is 0 Å². The van der Waals surface area contributed by atoms with Gasteiger partial charge >= 0.3 is 5.97 Å². The fourth-order valence-electron chi connectivity index (χ4n) is 8.28. The first-order chi connectivity index (χ1) is 15.8. The largest absolute Gasteiger partial charge is 0.462 e. The lowest BCUT2D eigenvalue weighted by Gasteiger charge is -2.60. The van der Waals surface area contributed by atoms with Gasteiger partial charge in [-0.05, 0) is 85.5 Å². The van der Waals surface area contributed by atoms with Crippen molar-refractivity contribution in [1.82, 2.24) is 0 Å². The van der Waals surface area contributed by atoms with Crippen LogP contribution in [0.5, 0.6) is 0 Å². The zero-order chi connectivity index (χ0) is 25.1. The van der Waals surface area contributed by atoms with E-state index in [4.69, 9.17) is 4.74 Å². The zero-order valence-corrected chi connectivity index (χ0v) is 22.4. The maximum atomic E-state index is 13.5. The van der Waals surface area contributed by atoms with E-state index < -0.39 is 11.0 Å². The van der Waals surface area contributed by atoms with Crippen molar-refractivity contribution < 1.29 is 19.4 Å². The molecule has 0 aromatic carbocycles. The first-order valence-corrected chi connectivity index (χ1v) is 13.7. The van der Waals surface area contributed by atoms with Crippen LogP contribution in [0, 0.1) is 46.3 Å². The number of esters is 1. The molecule has 0 amide bonds. The number of rotatable bonds is 5. The smallest absolute Gasteiger partial charge is 0.302 e. The minimum Gasteiger partial charge on any atom is -0.462 e. The van der Waals surface area contributed by atoms with Crippen LogP contribution in [-0.4, -0.2) is 28.6 Å². The van der Waals surface area contributed by atoms with Crippen LogP contribution >= 0.6 is 0 Å². The third kappa shape index (κ3) is 3.92. The van der Waals surface area contributed by atoms with Crippen molar-refractivity contribution in [3.63, 3.8) is 0 Å². The molecule has 4 aliphatic carbocycles. The van der Waals surface area contributed by atoms with E-state index in [1.54, 1.807) is 0 Å². The van der Waals surface area contributed by atoms with Crippen molar-refractivity contribution in [2.45, 2.75) is 105 Å². The van der Waals surface area contributed by atoms with E-state index >= 15 is 0 Å². The zero-order valence-electron chi connectivity index (χ0n) is 22.4. The fraction of sp³-hybridized carbons (Fsp3) is 0.800. The Labute approximate surface area is 206 Å². The highest BCUT2D eigenvalue weighted by atomic mass is 16.5. The predicted molar refractivity (Wildman–Crippen MR) is 135 cm³/mol. The summed E-state index contributed by atoms with van der Waals surface area (Å²) in [6, 6.07) is 0. The summed E-state index contributed by atoms with van der Waals surface area (Å²) >= 11 is 0. The SMILES string of the molecule is CC(=O)O[C@@H]1CC[C@]2(C)[C@@H]3CC[C@]4(C)[C@H](CC[C@H]4[C@H](C)/C=C/[C@H](C)C(C)C)C3=CC(=O)[C@@]2(O)C1. The number of aliphatic hydroxyl groups is 1. The van der Waals surface area contributed by atoms with Gasteiger partial charge in [-0.1, -0.05) is 59.3 Å². The molecule has 0 radical (unpaired) electrons. The van der Waals surface area contributed by atoms with Crippen LogP contribution in [0.1, 0.15) is 93.4 Å². The van der Waals surface area contributed by atoms with Gasteiger partial charge in [0.2, 0.25) is 0 Å². The monoisotopic (exact) mass is 470 g/mol. The lowest BCUT2D eigenvalue weighted by molar-refractivity contribution is -0.188. The standard InChI is InChI=1S/C30H46O4/c1-18(2)19(3)8-9-20(4)24-10-11-25-23-16-27(32)30(33)17-22(34-21(5)31)12-15-29(30,7)26(23)13-14-28(24,25)6/h8-9,16,18-20,22,24-26,33H,10-15,17H2,1-7H3/b9-8+/t19-,20+,22+,24-,25+,26+,28-,29+,30-/m0/s1. The van der Waals surface area contributed by atoms with Gasteiger partial charge < -0.3 is 9.84 Å². The first-order valence-electron chi connectivity index (χ1n) is 13.7. The molecule has 0 aromatic heterocycles. The third-order valence-corrected chi connectivity index (χ3v) is 10.9. The van der Waals surface area contributed by atoms with E-state index in [0.717, 1.165) is 25.7 Å². The third-order valence-electron chi connectivity index (χ3n) is 10.9. The Bertz CT molecular complexity index is 886. The minimum absolute atomic E-state index is 0.162. The molecule has 0 heterocycles. The van der Waals surface area contributed by atoms with E-state index in [1.807, 2.05) is 6.08 Å². The number of allylic oxidation sites excluding steroid dienone is 3. The average molecular weight is 471 g/mol. The highest BCUT2D eigenvalue weighted by molar-refractivity contribution is 5.99. The Morgan fingerprint density at radius 1 is 1.06 bits per heavy atom. The number of carbonyl (C=O) groups is 2. The van der Waals surface area contributed by atoms with Gasteiger partial charge in [0.1, 0.15) is 11.7 Å². The molecular formula is C30H46O4. The van der Waals surface area contributed by atoms with Crippen LogP contribution in [0.2, 0.25) is 0 Å². The number of hydrogen-bond acceptors (Lipinski definition) is 4. The molecule has 34 heavy (non-hydrogen) atoms. The molecule has 0 aliphatic heterocycles. The summed E-state index contributed by atoms with van der Waals surface area (Å²) in [5.74, 6) is 2.54. The molecule has 0 bridgehead atoms. The predicted octanol–water partition coefficient (Wildman–Crippen LogP) is 6.28. The van der Waals surface area contributed by atoms with Gasteiger partial charge in [0, 0.05) is 18.8 Å². The van der Waals surface area contributed by atoms with Crippen molar-refractivity contribution >= 4 is 11.8 Å². The molecule has 0 aromatic rings. The van der Waals surface area contributed by atoms with E-state index in [-0.39, 0.29) is 35.6 Å². The van der Waals surface area contributed by atoms with E-state index in [2.05, 4.69) is 53.7 Å². The molecule has 9 atom stereocenters. The molecule has 0 spiro atoms. The van der Waals surface area contributed by atoms with Crippen LogP contribution in [0.3, 0.4) is 0 Å². The fourth-order valence-corrected chi connectivity index (χ4v) is 8.28. The average Bonchev–Trinajstić information content (AvgIpc) is 3.11. The van der Waals surface area contributed by atoms with Crippen molar-refractivity contribution in [1.29, 1.82) is 0 Å². The first kappa shape index (κ1) is 25.7. The van der Waals surface area contributed by atoms with Crippen molar-refractivity contribution in [2.24, 2.45) is 46.3 Å². The van der Waals surface area contributed by atoms with Gasteiger partial charge in [0.15, 0.2) is 5.78 Å². The summed E-state index contributed by atoms with van der Waals surface area (Å²) < 4.78 is 5.44. The van der Waals surface area contributed by atoms with E-state index in [1.165, 1.54) is 18.9 Å². The van der Waals surface area contributed by atoms with Gasteiger partial charge in [-0.25, -0.2) is 0 Å². The Morgan fingerprint density at radius 2 is 1.76 bits per heavy atom. The summed E-state index contributed by atoms with van der Waals surface area (Å²) in [4.78, 5) is 25.0. The number of fused-ring (bicyclic) bond motifs is 5. The maximum absolute atomic E-state index is 13.5. The molecule has 3 saturated carbocycles. The molecule has 1 N–H and O–H groups in total. The van der Waals surface area contributed by atoms with Crippen LogP contribution in [0.15, 0.2) is 23.8 Å². The Morgan fingerprint density at radius 3 is 2.41 bits per heavy atom. The lowest BCUT2D eigenvalue weighted by atomic mass is 9.46. The van der Waals surface area contributed by atoms with Gasteiger partial charge in [-0.2, -0.15) is 0 Å². The summed E-state index contributed by atoms with van der Waals surface area (Å²) in [5, 5.41) is 11.8. The quantitative estimate of drug-likeness (QED) is 0.380. The van der Waals surface area contributed by atoms with Crippen LogP contribution < -0.4 is 0 Å². The van der Waals surface area contributed by atoms with Gasteiger partial charge in [0.05, 0.1) is 0 Å². The molecule has 3 fully saturated rings. The Hall–Kier alpha value is -1.42. The number of ketones is 1. The van der Waals surface area contributed by atoms with E-state index in [0.29, 0.717) is 36.0 Å². The second-order valence-electron chi connectivity index (χ2n) is 12.9. The summed E-state index contributed by atoms with van der Waals surface area (Å²) in [5.41, 5.74) is -0.406. The second-order valence-corrected chi connectivity index (χ2v) is 12.9. The van der Waals surface area contributed by atoms with Crippen LogP contribution in [0.25, 0.3) is 0 Å². The normalized spacial score (nSPS) is 43.7. The lowest BCUT2D eigenvalue weighted by Crippen LogP contribution is -2.64. The Kier molecular flexibility index (Phi) is 6.72. The molecular weight excluding hydrogens is 424 g/mol. The van der Waals surface area contributed by atoms with Crippen molar-refractivity contribution in [3.05, 3.63) is 23.8 Å². The highest BCUT2D eigenvalue weighted by Crippen LogP contribution is 2.67. The highest BCUT2D eigenvalue weighted by Gasteiger charge is 2.65. The molecule has 4 nitrogen and oxygen atoms in total. The summed E-state index contributed by atoms with van der Waals surface area (Å²) in [6.07, 6.45) is 12.5. The van der Waals surface area contributed by atoms with Crippen molar-refractivity contribution in [2.75, 3.05) is 0 Å². The van der Waals surface area contributed by atoms with E-state index in [9.17, 15) is 14.7 Å². The summed E-state index contributed by atoms with van der Waals surface area (Å²) in [6.45, 7) is 15.2. The molecule has 0 unspecified atom stereocenters. The summed E-state index contributed by atoms with van der Waals surface area (Å²) in [7, 11) is 0. The molecule has 0 saturated heterocycles. The van der Waals surface area contributed by atoms with Gasteiger partial charge in [-0.15, -0.1) is 0 Å². The minimum atomic E-state index is -1.44. The number of hydrogen-bond donors (Lipinski definition) is 1. The number of carbonyl (C=O) groups excluding carboxylic acids is 2.